The lowest BCUT2D eigenvalue weighted by molar-refractivity contribution is 0.567. The van der Waals surface area contributed by atoms with Crippen LogP contribution in [0.4, 0.5) is 0 Å². The molecule has 4 nitrogen and oxygen atoms in total. The monoisotopic (exact) mass is 350 g/mol. The maximum absolute atomic E-state index is 12.5. The number of nitrogens with one attached hydrogen (secondary N) is 1. The molecule has 0 amide bonds. The van der Waals surface area contributed by atoms with Crippen LogP contribution in [0.15, 0.2) is 22.4 Å². The highest BCUT2D eigenvalue weighted by molar-refractivity contribution is 7.89. The van der Waals surface area contributed by atoms with Gasteiger partial charge < -0.3 is 5.73 Å². The van der Waals surface area contributed by atoms with E-state index in [1.54, 1.807) is 19.9 Å². The zero-order valence-corrected chi connectivity index (χ0v) is 14.2. The largest absolute Gasteiger partial charge is 0.326 e. The van der Waals surface area contributed by atoms with Gasteiger partial charge in [-0.3, -0.25) is 0 Å². The van der Waals surface area contributed by atoms with Gasteiger partial charge in [0.1, 0.15) is 4.90 Å². The average molecular weight is 351 g/mol. The summed E-state index contributed by atoms with van der Waals surface area (Å²) in [7, 11) is -3.58. The smallest absolute Gasteiger partial charge is 0.242 e. The summed E-state index contributed by atoms with van der Waals surface area (Å²) in [5.41, 5.74) is 6.33. The van der Waals surface area contributed by atoms with Gasteiger partial charge in [-0.2, -0.15) is 0 Å². The maximum atomic E-state index is 12.5. The van der Waals surface area contributed by atoms with Crippen molar-refractivity contribution in [3.05, 3.63) is 37.2 Å². The van der Waals surface area contributed by atoms with Gasteiger partial charge in [0, 0.05) is 16.3 Å². The molecule has 0 aromatic carbocycles. The van der Waals surface area contributed by atoms with Crippen molar-refractivity contribution in [2.75, 3.05) is 0 Å². The molecule has 1 atom stereocenters. The number of halogens is 1. The molecule has 0 fully saturated rings. The molecule has 0 bridgehead atoms. The SMILES string of the molecule is Cc1csc(CN)c1S(=O)(=O)NC(C)c1ccc(Cl)s1. The molecule has 1 unspecified atom stereocenters. The molecule has 0 aliphatic carbocycles. The molecule has 2 aromatic heterocycles. The molecule has 2 rings (SSSR count). The van der Waals surface area contributed by atoms with Crippen LogP contribution >= 0.6 is 34.3 Å². The molecule has 2 heterocycles. The fraction of sp³-hybridized carbons (Fsp3) is 0.333. The van der Waals surface area contributed by atoms with Crippen LogP contribution in [0.2, 0.25) is 4.34 Å². The predicted molar refractivity (Wildman–Crippen MR) is 85.0 cm³/mol. The van der Waals surface area contributed by atoms with Crippen LogP contribution < -0.4 is 10.5 Å². The van der Waals surface area contributed by atoms with Gasteiger partial charge in [-0.1, -0.05) is 11.6 Å². The Labute approximate surface area is 131 Å². The zero-order chi connectivity index (χ0) is 14.9. The van der Waals surface area contributed by atoms with E-state index in [4.69, 9.17) is 17.3 Å². The van der Waals surface area contributed by atoms with E-state index in [1.807, 2.05) is 11.4 Å². The second-order valence-electron chi connectivity index (χ2n) is 4.36. The number of hydrogen-bond acceptors (Lipinski definition) is 5. The van der Waals surface area contributed by atoms with E-state index in [0.717, 1.165) is 10.4 Å². The summed E-state index contributed by atoms with van der Waals surface area (Å²) >= 11 is 8.61. The Kier molecular flexibility index (Phi) is 4.88. The van der Waals surface area contributed by atoms with E-state index in [9.17, 15) is 8.42 Å². The van der Waals surface area contributed by atoms with Crippen LogP contribution in [0.3, 0.4) is 0 Å². The minimum absolute atomic E-state index is 0.216. The Morgan fingerprint density at radius 2 is 2.15 bits per heavy atom. The number of aryl methyl sites for hydroxylation is 1. The standard InChI is InChI=1S/C12H15ClN2O2S3/c1-7-6-18-10(5-14)12(7)20(16,17)15-8(2)9-3-4-11(13)19-9/h3-4,6,8,15H,5,14H2,1-2H3. The normalized spacial score (nSPS) is 13.6. The second kappa shape index (κ2) is 6.13. The van der Waals surface area contributed by atoms with Crippen molar-refractivity contribution in [2.24, 2.45) is 5.73 Å². The topological polar surface area (TPSA) is 72.2 Å². The zero-order valence-electron chi connectivity index (χ0n) is 11.0. The number of hydrogen-bond donors (Lipinski definition) is 2. The van der Waals surface area contributed by atoms with Crippen molar-refractivity contribution < 1.29 is 8.42 Å². The van der Waals surface area contributed by atoms with Crippen molar-refractivity contribution >= 4 is 44.3 Å². The Morgan fingerprint density at radius 1 is 1.45 bits per heavy atom. The van der Waals surface area contributed by atoms with E-state index < -0.39 is 10.0 Å². The third-order valence-corrected chi connectivity index (χ3v) is 7.24. The van der Waals surface area contributed by atoms with Gasteiger partial charge in [0.05, 0.1) is 10.4 Å². The summed E-state index contributed by atoms with van der Waals surface area (Å²) in [6.07, 6.45) is 0. The van der Waals surface area contributed by atoms with E-state index in [1.165, 1.54) is 22.7 Å². The molecule has 0 spiro atoms. The number of rotatable bonds is 5. The molecule has 0 radical (unpaired) electrons. The summed E-state index contributed by atoms with van der Waals surface area (Å²) in [6, 6.07) is 3.25. The highest BCUT2D eigenvalue weighted by Gasteiger charge is 2.25. The Hall–Kier alpha value is -0.440. The lowest BCUT2D eigenvalue weighted by Gasteiger charge is -2.13. The molecule has 2 aromatic rings. The maximum Gasteiger partial charge on any atom is 0.242 e. The third-order valence-electron chi connectivity index (χ3n) is 2.80. The molecular weight excluding hydrogens is 336 g/mol. The summed E-state index contributed by atoms with van der Waals surface area (Å²) < 4.78 is 28.3. The lowest BCUT2D eigenvalue weighted by Crippen LogP contribution is -2.27. The van der Waals surface area contributed by atoms with Crippen molar-refractivity contribution in [2.45, 2.75) is 31.3 Å². The van der Waals surface area contributed by atoms with Gasteiger partial charge in [0.15, 0.2) is 0 Å². The average Bonchev–Trinajstić information content (AvgIpc) is 2.94. The molecule has 0 aliphatic heterocycles. The fourth-order valence-electron chi connectivity index (χ4n) is 1.90. The molecule has 0 aliphatic rings. The summed E-state index contributed by atoms with van der Waals surface area (Å²) in [4.78, 5) is 1.85. The van der Waals surface area contributed by atoms with Crippen LogP contribution in [0.5, 0.6) is 0 Å². The molecular formula is C12H15ClN2O2S3. The highest BCUT2D eigenvalue weighted by Crippen LogP contribution is 2.30. The van der Waals surface area contributed by atoms with Gasteiger partial charge in [0.25, 0.3) is 0 Å². The van der Waals surface area contributed by atoms with Gasteiger partial charge >= 0.3 is 0 Å². The predicted octanol–water partition coefficient (Wildman–Crippen LogP) is 3.27. The van der Waals surface area contributed by atoms with E-state index in [2.05, 4.69) is 4.72 Å². The first-order valence-electron chi connectivity index (χ1n) is 5.89. The Bertz CT molecular complexity index is 706. The number of nitrogens with two attached hydrogens (primary N) is 1. The van der Waals surface area contributed by atoms with Crippen LogP contribution in [-0.4, -0.2) is 8.42 Å². The second-order valence-corrected chi connectivity index (χ2v) is 8.72. The first-order chi connectivity index (χ1) is 9.35. The van der Waals surface area contributed by atoms with Crippen LogP contribution in [-0.2, 0) is 16.6 Å². The van der Waals surface area contributed by atoms with E-state index in [-0.39, 0.29) is 12.6 Å². The minimum atomic E-state index is -3.58. The lowest BCUT2D eigenvalue weighted by atomic mass is 10.3. The Balaban J connectivity index is 2.29. The van der Waals surface area contributed by atoms with Gasteiger partial charge in [-0.05, 0) is 36.9 Å². The highest BCUT2D eigenvalue weighted by atomic mass is 35.5. The quantitative estimate of drug-likeness (QED) is 0.869. The van der Waals surface area contributed by atoms with Crippen LogP contribution in [0, 0.1) is 6.92 Å². The van der Waals surface area contributed by atoms with Crippen LogP contribution in [0.1, 0.15) is 28.3 Å². The molecule has 0 saturated heterocycles. The number of thiophene rings is 2. The molecule has 110 valence electrons. The van der Waals surface area contributed by atoms with Crippen molar-refractivity contribution in [1.29, 1.82) is 0 Å². The van der Waals surface area contributed by atoms with Gasteiger partial charge in [-0.15, -0.1) is 22.7 Å². The van der Waals surface area contributed by atoms with Gasteiger partial charge in [-0.25, -0.2) is 13.1 Å². The summed E-state index contributed by atoms with van der Waals surface area (Å²) in [5.74, 6) is 0. The molecule has 0 saturated carbocycles. The van der Waals surface area contributed by atoms with Gasteiger partial charge in [0.2, 0.25) is 10.0 Å². The van der Waals surface area contributed by atoms with Crippen LogP contribution in [0.25, 0.3) is 0 Å². The van der Waals surface area contributed by atoms with Crippen molar-refractivity contribution in [3.63, 3.8) is 0 Å². The van der Waals surface area contributed by atoms with E-state index >= 15 is 0 Å². The first-order valence-corrected chi connectivity index (χ1v) is 9.45. The third kappa shape index (κ3) is 3.24. The molecule has 3 N–H and O–H groups in total. The fourth-order valence-corrected chi connectivity index (χ4v) is 5.96. The van der Waals surface area contributed by atoms with E-state index in [0.29, 0.717) is 14.1 Å². The summed E-state index contributed by atoms with van der Waals surface area (Å²) in [5, 5.41) is 1.81. The molecule has 8 heteroatoms. The minimum Gasteiger partial charge on any atom is -0.326 e. The number of sulfonamides is 1. The Morgan fingerprint density at radius 3 is 2.70 bits per heavy atom. The summed E-state index contributed by atoms with van der Waals surface area (Å²) in [6.45, 7) is 3.79. The molecule has 20 heavy (non-hydrogen) atoms. The first kappa shape index (κ1) is 15.9. The van der Waals surface area contributed by atoms with Crippen molar-refractivity contribution in [1.82, 2.24) is 4.72 Å². The van der Waals surface area contributed by atoms with Crippen molar-refractivity contribution in [3.8, 4) is 0 Å².